The van der Waals surface area contributed by atoms with Gasteiger partial charge in [-0.2, -0.15) is 0 Å². The molecule has 1 rings (SSSR count). The van der Waals surface area contributed by atoms with Crippen LogP contribution in [0, 0.1) is 0 Å². The minimum Gasteiger partial charge on any atom is -0.100 e. The fourth-order valence-corrected chi connectivity index (χ4v) is 1.24. The van der Waals surface area contributed by atoms with E-state index >= 15 is 0 Å². The number of aryl methyl sites for hydroxylation is 1. The molecule has 0 aliphatic rings. The van der Waals surface area contributed by atoms with Crippen molar-refractivity contribution >= 4 is 0 Å². The van der Waals surface area contributed by atoms with Crippen molar-refractivity contribution in [2.45, 2.75) is 53.9 Å². The van der Waals surface area contributed by atoms with Gasteiger partial charge in [-0.25, -0.2) is 0 Å². The van der Waals surface area contributed by atoms with Crippen LogP contribution >= 0.6 is 0 Å². The van der Waals surface area contributed by atoms with Gasteiger partial charge in [-0.05, 0) is 31.7 Å². The second-order valence-electron chi connectivity index (χ2n) is 3.30. The van der Waals surface area contributed by atoms with Crippen LogP contribution in [0.1, 0.15) is 53.0 Å². The Hall–Kier alpha value is -1.04. The molecule has 92 valence electrons. The molecule has 0 amide bonds. The molecule has 0 radical (unpaired) electrons. The molecule has 1 aromatic rings. The summed E-state index contributed by atoms with van der Waals surface area (Å²) in [4.78, 5) is 0. The van der Waals surface area contributed by atoms with Crippen LogP contribution in [0.3, 0.4) is 0 Å². The van der Waals surface area contributed by atoms with E-state index in [2.05, 4.69) is 43.8 Å². The molecule has 0 heteroatoms. The smallest absolute Gasteiger partial charge is 0.0276 e. The lowest BCUT2D eigenvalue weighted by Crippen LogP contribution is -1.84. The fourth-order valence-electron chi connectivity index (χ4n) is 1.24. The maximum absolute atomic E-state index is 3.89. The molecule has 0 aromatic heterocycles. The van der Waals surface area contributed by atoms with Crippen molar-refractivity contribution in [1.82, 2.24) is 0 Å². The normalized spacial score (nSPS) is 8.06. The highest BCUT2D eigenvalue weighted by Crippen LogP contribution is 2.07. The zero-order chi connectivity index (χ0) is 12.8. The van der Waals surface area contributed by atoms with Crippen LogP contribution in [0.25, 0.3) is 0 Å². The standard InChI is InChI=1S/C12H16.2C2H6/c1-11(2)7-6-10-12-8-4-3-5-9-12;2*1-2/h3-5,8-9H,1,6-7,10H2,2H3;2*1-2H3. The summed E-state index contributed by atoms with van der Waals surface area (Å²) in [7, 11) is 0. The lowest BCUT2D eigenvalue weighted by molar-refractivity contribution is 0.814. The third-order valence-corrected chi connectivity index (χ3v) is 1.91. The zero-order valence-electron chi connectivity index (χ0n) is 11.7. The van der Waals surface area contributed by atoms with E-state index in [-0.39, 0.29) is 0 Å². The predicted octanol–water partition coefficient (Wildman–Crippen LogP) is 5.64. The van der Waals surface area contributed by atoms with Gasteiger partial charge in [0.1, 0.15) is 0 Å². The molecule has 0 aliphatic carbocycles. The van der Waals surface area contributed by atoms with E-state index in [4.69, 9.17) is 0 Å². The minimum atomic E-state index is 1.15. The molecule has 0 fully saturated rings. The van der Waals surface area contributed by atoms with Gasteiger partial charge in [0.05, 0.1) is 0 Å². The van der Waals surface area contributed by atoms with Gasteiger partial charge in [-0.15, -0.1) is 6.58 Å². The summed E-state index contributed by atoms with van der Waals surface area (Å²) in [5, 5.41) is 0. The highest BCUT2D eigenvalue weighted by Gasteiger charge is 1.91. The molecule has 0 saturated carbocycles. The molecular formula is C16H28. The van der Waals surface area contributed by atoms with E-state index in [0.717, 1.165) is 6.42 Å². The number of rotatable bonds is 4. The van der Waals surface area contributed by atoms with Crippen LogP contribution in [0.15, 0.2) is 42.5 Å². The topological polar surface area (TPSA) is 0 Å². The molecule has 0 spiro atoms. The predicted molar refractivity (Wildman–Crippen MR) is 76.9 cm³/mol. The van der Waals surface area contributed by atoms with E-state index < -0.39 is 0 Å². The first-order valence-electron chi connectivity index (χ1n) is 6.47. The Balaban J connectivity index is 0. The maximum atomic E-state index is 3.89. The maximum Gasteiger partial charge on any atom is -0.0276 e. The molecule has 0 heterocycles. The lowest BCUT2D eigenvalue weighted by Gasteiger charge is -2.00. The number of benzene rings is 1. The van der Waals surface area contributed by atoms with Crippen LogP contribution in [-0.2, 0) is 6.42 Å². The third kappa shape index (κ3) is 11.0. The van der Waals surface area contributed by atoms with Crippen LogP contribution < -0.4 is 0 Å². The van der Waals surface area contributed by atoms with Crippen LogP contribution in [0.4, 0.5) is 0 Å². The molecule has 0 aliphatic heterocycles. The van der Waals surface area contributed by atoms with Crippen LogP contribution in [0.2, 0.25) is 0 Å². The minimum absolute atomic E-state index is 1.15. The first-order chi connectivity index (χ1) is 7.79. The highest BCUT2D eigenvalue weighted by molar-refractivity contribution is 5.14. The second kappa shape index (κ2) is 14.0. The quantitative estimate of drug-likeness (QED) is 0.576. The van der Waals surface area contributed by atoms with Gasteiger partial charge in [-0.3, -0.25) is 0 Å². The largest absolute Gasteiger partial charge is 0.100 e. The van der Waals surface area contributed by atoms with Crippen molar-refractivity contribution in [3.8, 4) is 0 Å². The Morgan fingerprint density at radius 1 is 1.00 bits per heavy atom. The number of hydrogen-bond donors (Lipinski definition) is 0. The lowest BCUT2D eigenvalue weighted by atomic mass is 10.1. The Morgan fingerprint density at radius 3 is 1.94 bits per heavy atom. The summed E-state index contributed by atoms with van der Waals surface area (Å²) in [6, 6.07) is 10.6. The van der Waals surface area contributed by atoms with Crippen molar-refractivity contribution in [3.05, 3.63) is 48.0 Å². The summed E-state index contributed by atoms with van der Waals surface area (Å²) in [6.45, 7) is 14.0. The molecule has 0 N–H and O–H groups in total. The molecule has 0 bridgehead atoms. The number of allylic oxidation sites excluding steroid dienone is 1. The second-order valence-corrected chi connectivity index (χ2v) is 3.30. The Kier molecular flexibility index (Phi) is 15.1. The summed E-state index contributed by atoms with van der Waals surface area (Å²) in [6.07, 6.45) is 3.54. The van der Waals surface area contributed by atoms with Gasteiger partial charge >= 0.3 is 0 Å². The van der Waals surface area contributed by atoms with Gasteiger partial charge in [-0.1, -0.05) is 63.6 Å². The van der Waals surface area contributed by atoms with E-state index in [9.17, 15) is 0 Å². The van der Waals surface area contributed by atoms with Gasteiger partial charge < -0.3 is 0 Å². The van der Waals surface area contributed by atoms with Crippen molar-refractivity contribution in [1.29, 1.82) is 0 Å². The average molecular weight is 220 g/mol. The summed E-state index contributed by atoms with van der Waals surface area (Å²) in [5.74, 6) is 0. The first kappa shape index (κ1) is 17.4. The molecule has 0 unspecified atom stereocenters. The average Bonchev–Trinajstić information content (AvgIpc) is 2.35. The first-order valence-corrected chi connectivity index (χ1v) is 6.47. The summed E-state index contributed by atoms with van der Waals surface area (Å²) >= 11 is 0. The monoisotopic (exact) mass is 220 g/mol. The van der Waals surface area contributed by atoms with E-state index in [1.165, 1.54) is 24.0 Å². The zero-order valence-corrected chi connectivity index (χ0v) is 11.7. The van der Waals surface area contributed by atoms with Crippen LogP contribution in [0.5, 0.6) is 0 Å². The van der Waals surface area contributed by atoms with Crippen LogP contribution in [-0.4, -0.2) is 0 Å². The third-order valence-electron chi connectivity index (χ3n) is 1.91. The summed E-state index contributed by atoms with van der Waals surface area (Å²) in [5.41, 5.74) is 2.71. The van der Waals surface area contributed by atoms with E-state index in [0.29, 0.717) is 0 Å². The molecule has 0 nitrogen and oxygen atoms in total. The van der Waals surface area contributed by atoms with Gasteiger partial charge in [0.25, 0.3) is 0 Å². The van der Waals surface area contributed by atoms with Gasteiger partial charge in [0, 0.05) is 0 Å². The fraction of sp³-hybridized carbons (Fsp3) is 0.500. The molecule has 0 atom stereocenters. The molecule has 1 aromatic carbocycles. The van der Waals surface area contributed by atoms with Crippen molar-refractivity contribution in [3.63, 3.8) is 0 Å². The Labute approximate surface area is 102 Å². The van der Waals surface area contributed by atoms with Crippen molar-refractivity contribution in [2.75, 3.05) is 0 Å². The Morgan fingerprint density at radius 2 is 1.50 bits per heavy atom. The number of hydrogen-bond acceptors (Lipinski definition) is 0. The van der Waals surface area contributed by atoms with E-state index in [1.54, 1.807) is 0 Å². The summed E-state index contributed by atoms with van der Waals surface area (Å²) < 4.78 is 0. The van der Waals surface area contributed by atoms with Gasteiger partial charge in [0.2, 0.25) is 0 Å². The van der Waals surface area contributed by atoms with Crippen molar-refractivity contribution in [2.24, 2.45) is 0 Å². The van der Waals surface area contributed by atoms with Gasteiger partial charge in [0.15, 0.2) is 0 Å². The Bertz CT molecular complexity index is 233. The molecular weight excluding hydrogens is 192 g/mol. The van der Waals surface area contributed by atoms with Crippen molar-refractivity contribution < 1.29 is 0 Å². The molecule has 0 saturated heterocycles. The SMILES string of the molecule is C=C(C)CCCc1ccccc1.CC.CC. The highest BCUT2D eigenvalue weighted by atomic mass is 14.0. The molecule has 16 heavy (non-hydrogen) atoms. The van der Waals surface area contributed by atoms with E-state index in [1.807, 2.05) is 27.7 Å².